The molecule has 2 rings (SSSR count). The summed E-state index contributed by atoms with van der Waals surface area (Å²) in [5, 5.41) is 23.7. The molecular weight excluding hydrogens is 250 g/mol. The van der Waals surface area contributed by atoms with Crippen LogP contribution in [-0.2, 0) is 6.61 Å². The van der Waals surface area contributed by atoms with Gasteiger partial charge in [-0.25, -0.2) is 4.68 Å². The Hall–Kier alpha value is -2.54. The lowest BCUT2D eigenvalue weighted by Crippen LogP contribution is -2.00. The smallest absolute Gasteiger partial charge is 0.318 e. The topological polar surface area (TPSA) is 98.3 Å². The fourth-order valence-electron chi connectivity index (χ4n) is 1.64. The van der Waals surface area contributed by atoms with Crippen molar-refractivity contribution in [3.05, 3.63) is 51.8 Å². The third-order valence-corrected chi connectivity index (χ3v) is 2.61. The van der Waals surface area contributed by atoms with Gasteiger partial charge in [0.05, 0.1) is 17.2 Å². The maximum atomic E-state index is 11.3. The molecule has 0 atom stereocenters. The Morgan fingerprint density at radius 1 is 1.42 bits per heavy atom. The van der Waals surface area contributed by atoms with Gasteiger partial charge >= 0.3 is 5.69 Å². The maximum Gasteiger partial charge on any atom is 0.318 e. The van der Waals surface area contributed by atoms with Crippen molar-refractivity contribution in [3.63, 3.8) is 0 Å². The summed E-state index contributed by atoms with van der Waals surface area (Å²) < 4.78 is 1.27. The summed E-state index contributed by atoms with van der Waals surface area (Å²) in [6, 6.07) is 6.67. The number of aliphatic hydroxyl groups excluding tert-OH is 1. The fourth-order valence-corrected chi connectivity index (χ4v) is 1.64. The lowest BCUT2D eigenvalue weighted by atomic mass is 10.2. The van der Waals surface area contributed by atoms with Crippen LogP contribution in [0.1, 0.15) is 23.0 Å². The number of carbonyl (C=O) groups excluding carboxylic acids is 1. The molecule has 1 N–H and O–H groups in total. The van der Waals surface area contributed by atoms with Gasteiger partial charge in [-0.05, 0) is 17.7 Å². The van der Waals surface area contributed by atoms with Crippen molar-refractivity contribution in [1.82, 2.24) is 9.78 Å². The zero-order chi connectivity index (χ0) is 14.0. The highest BCUT2D eigenvalue weighted by Crippen LogP contribution is 2.20. The van der Waals surface area contributed by atoms with E-state index in [4.69, 9.17) is 5.11 Å². The molecule has 7 heteroatoms. The number of benzene rings is 1. The molecule has 0 saturated carbocycles. The predicted molar refractivity (Wildman–Crippen MR) is 66.1 cm³/mol. The first-order valence-electron chi connectivity index (χ1n) is 5.48. The number of ketones is 1. The standard InChI is InChI=1S/C12H11N3O4/c1-8(17)12-11(15(18)19)6-14(13-12)10-4-2-9(7-16)3-5-10/h2-6,16H,7H2,1H3. The van der Waals surface area contributed by atoms with Gasteiger partial charge in [0.25, 0.3) is 0 Å². The summed E-state index contributed by atoms with van der Waals surface area (Å²) in [6.45, 7) is 1.15. The van der Waals surface area contributed by atoms with Crippen molar-refractivity contribution < 1.29 is 14.8 Å². The van der Waals surface area contributed by atoms with E-state index in [1.165, 1.54) is 17.8 Å². The molecule has 0 fully saturated rings. The van der Waals surface area contributed by atoms with Crippen LogP contribution in [0.3, 0.4) is 0 Å². The van der Waals surface area contributed by atoms with Crippen molar-refractivity contribution in [2.45, 2.75) is 13.5 Å². The Morgan fingerprint density at radius 2 is 2.05 bits per heavy atom. The SMILES string of the molecule is CC(=O)c1nn(-c2ccc(CO)cc2)cc1[N+](=O)[O-]. The van der Waals surface area contributed by atoms with Gasteiger partial charge < -0.3 is 5.11 Å². The molecule has 19 heavy (non-hydrogen) atoms. The molecule has 0 saturated heterocycles. The van der Waals surface area contributed by atoms with E-state index in [0.29, 0.717) is 5.69 Å². The van der Waals surface area contributed by atoms with E-state index in [1.54, 1.807) is 24.3 Å². The van der Waals surface area contributed by atoms with Crippen molar-refractivity contribution >= 4 is 11.5 Å². The average molecular weight is 261 g/mol. The van der Waals surface area contributed by atoms with E-state index < -0.39 is 10.7 Å². The highest BCUT2D eigenvalue weighted by atomic mass is 16.6. The summed E-state index contributed by atoms with van der Waals surface area (Å²) in [5.74, 6) is -0.461. The van der Waals surface area contributed by atoms with Gasteiger partial charge in [0.15, 0.2) is 5.78 Å². The zero-order valence-corrected chi connectivity index (χ0v) is 10.1. The number of aliphatic hydroxyl groups is 1. The number of nitro groups is 1. The van der Waals surface area contributed by atoms with Crippen LogP contribution < -0.4 is 0 Å². The van der Waals surface area contributed by atoms with Crippen LogP contribution in [0.15, 0.2) is 30.5 Å². The molecule has 0 bridgehead atoms. The minimum absolute atomic E-state index is 0.0851. The number of aromatic nitrogens is 2. The van der Waals surface area contributed by atoms with Gasteiger partial charge in [-0.2, -0.15) is 5.10 Å². The highest BCUT2D eigenvalue weighted by molar-refractivity contribution is 5.95. The highest BCUT2D eigenvalue weighted by Gasteiger charge is 2.23. The van der Waals surface area contributed by atoms with Crippen LogP contribution in [0.4, 0.5) is 5.69 Å². The first-order chi connectivity index (χ1) is 9.02. The predicted octanol–water partition coefficient (Wildman–Crippen LogP) is 1.48. The summed E-state index contributed by atoms with van der Waals surface area (Å²) in [5.41, 5.74) is 0.806. The third-order valence-electron chi connectivity index (χ3n) is 2.61. The Balaban J connectivity index is 2.47. The number of Topliss-reactive ketones (excluding diaryl/α,β-unsaturated/α-hetero) is 1. The van der Waals surface area contributed by atoms with Crippen LogP contribution >= 0.6 is 0 Å². The number of rotatable bonds is 4. The van der Waals surface area contributed by atoms with Gasteiger partial charge in [0.2, 0.25) is 5.69 Å². The first-order valence-corrected chi connectivity index (χ1v) is 5.48. The zero-order valence-electron chi connectivity index (χ0n) is 10.1. The second-order valence-electron chi connectivity index (χ2n) is 3.95. The minimum atomic E-state index is -0.637. The average Bonchev–Trinajstić information content (AvgIpc) is 2.84. The molecule has 7 nitrogen and oxygen atoms in total. The number of carbonyl (C=O) groups is 1. The minimum Gasteiger partial charge on any atom is -0.392 e. The van der Waals surface area contributed by atoms with Crippen molar-refractivity contribution in [3.8, 4) is 5.69 Å². The molecule has 98 valence electrons. The summed E-state index contributed by atoms with van der Waals surface area (Å²) in [7, 11) is 0. The van der Waals surface area contributed by atoms with E-state index in [-0.39, 0.29) is 18.0 Å². The molecule has 1 aromatic carbocycles. The molecule has 2 aromatic rings. The van der Waals surface area contributed by atoms with E-state index >= 15 is 0 Å². The molecule has 0 spiro atoms. The molecule has 0 radical (unpaired) electrons. The molecule has 0 amide bonds. The summed E-state index contributed by atoms with van der Waals surface area (Å²) >= 11 is 0. The van der Waals surface area contributed by atoms with Crippen molar-refractivity contribution in [2.75, 3.05) is 0 Å². The quantitative estimate of drug-likeness (QED) is 0.510. The normalized spacial score (nSPS) is 10.4. The van der Waals surface area contributed by atoms with Gasteiger partial charge in [-0.3, -0.25) is 14.9 Å². The maximum absolute atomic E-state index is 11.3. The summed E-state index contributed by atoms with van der Waals surface area (Å²) in [4.78, 5) is 21.5. The first kappa shape index (κ1) is 12.9. The van der Waals surface area contributed by atoms with Gasteiger partial charge in [-0.1, -0.05) is 12.1 Å². The Kier molecular flexibility index (Phi) is 3.39. The molecule has 0 unspecified atom stereocenters. The molecule has 1 aromatic heterocycles. The Morgan fingerprint density at radius 3 is 2.47 bits per heavy atom. The monoisotopic (exact) mass is 261 g/mol. The largest absolute Gasteiger partial charge is 0.392 e. The van der Waals surface area contributed by atoms with E-state index in [9.17, 15) is 14.9 Å². The number of nitrogens with zero attached hydrogens (tertiary/aromatic N) is 3. The molecule has 1 heterocycles. The van der Waals surface area contributed by atoms with Gasteiger partial charge in [0, 0.05) is 6.92 Å². The lowest BCUT2D eigenvalue weighted by molar-refractivity contribution is -0.385. The van der Waals surface area contributed by atoms with Crippen LogP contribution in [0.2, 0.25) is 0 Å². The molecule has 0 aliphatic carbocycles. The van der Waals surface area contributed by atoms with E-state index in [1.807, 2.05) is 0 Å². The van der Waals surface area contributed by atoms with Crippen molar-refractivity contribution in [2.24, 2.45) is 0 Å². The molecule has 0 aliphatic rings. The summed E-state index contributed by atoms with van der Waals surface area (Å²) in [6.07, 6.45) is 1.20. The van der Waals surface area contributed by atoms with Crippen LogP contribution in [-0.4, -0.2) is 25.6 Å². The van der Waals surface area contributed by atoms with Crippen molar-refractivity contribution in [1.29, 1.82) is 0 Å². The lowest BCUT2D eigenvalue weighted by Gasteiger charge is -2.01. The second-order valence-corrected chi connectivity index (χ2v) is 3.95. The van der Waals surface area contributed by atoms with Crippen LogP contribution in [0.25, 0.3) is 5.69 Å². The Labute approximate surface area is 108 Å². The third kappa shape index (κ3) is 2.50. The van der Waals surface area contributed by atoms with Crippen LogP contribution in [0, 0.1) is 10.1 Å². The van der Waals surface area contributed by atoms with Crippen LogP contribution in [0.5, 0.6) is 0 Å². The van der Waals surface area contributed by atoms with Gasteiger partial charge in [-0.15, -0.1) is 0 Å². The van der Waals surface area contributed by atoms with Gasteiger partial charge in [0.1, 0.15) is 6.20 Å². The number of hydrogen-bond acceptors (Lipinski definition) is 5. The van der Waals surface area contributed by atoms with E-state index in [0.717, 1.165) is 5.56 Å². The Bertz CT molecular complexity index is 599. The fraction of sp³-hybridized carbons (Fsp3) is 0.167. The second kappa shape index (κ2) is 4.99. The van der Waals surface area contributed by atoms with E-state index in [2.05, 4.69) is 5.10 Å². The molecule has 0 aliphatic heterocycles. The molecular formula is C12H11N3O4. The number of hydrogen-bond donors (Lipinski definition) is 1.